The van der Waals surface area contributed by atoms with Crippen LogP contribution in [0.2, 0.25) is 0 Å². The number of benzene rings is 1. The first-order valence-corrected chi connectivity index (χ1v) is 6.11. The maximum Gasteiger partial charge on any atom is 0.220 e. The second-order valence-electron chi connectivity index (χ2n) is 4.13. The van der Waals surface area contributed by atoms with Crippen LogP contribution >= 0.6 is 0 Å². The number of fused-ring (bicyclic) bond motifs is 1. The molecular weight excluding hydrogens is 226 g/mol. The van der Waals surface area contributed by atoms with Crippen LogP contribution in [0.25, 0.3) is 10.9 Å². The molecule has 0 radical (unpaired) electrons. The quantitative estimate of drug-likeness (QED) is 0.830. The number of carbonyl (C=O) groups excluding carboxylic acids is 1. The van der Waals surface area contributed by atoms with Crippen molar-refractivity contribution in [3.63, 3.8) is 0 Å². The van der Waals surface area contributed by atoms with Gasteiger partial charge in [-0.2, -0.15) is 0 Å². The molecule has 4 heteroatoms. The third-order valence-electron chi connectivity index (χ3n) is 2.73. The Hall–Kier alpha value is -1.94. The molecule has 18 heavy (non-hydrogen) atoms. The number of aromatic nitrogens is 1. The van der Waals surface area contributed by atoms with Gasteiger partial charge in [0.05, 0.1) is 5.52 Å². The molecule has 0 bridgehead atoms. The third-order valence-corrected chi connectivity index (χ3v) is 2.73. The highest BCUT2D eigenvalue weighted by atomic mass is 16.1. The van der Waals surface area contributed by atoms with Gasteiger partial charge in [-0.1, -0.05) is 24.3 Å². The highest BCUT2D eigenvalue weighted by Gasteiger charge is 2.03. The van der Waals surface area contributed by atoms with Crippen molar-refractivity contribution in [2.75, 3.05) is 13.1 Å². The van der Waals surface area contributed by atoms with Crippen molar-refractivity contribution < 1.29 is 4.79 Å². The van der Waals surface area contributed by atoms with Gasteiger partial charge in [0.2, 0.25) is 5.91 Å². The van der Waals surface area contributed by atoms with Gasteiger partial charge in [-0.05, 0) is 18.6 Å². The van der Waals surface area contributed by atoms with Crippen LogP contribution in [-0.2, 0) is 11.2 Å². The minimum absolute atomic E-state index is 0.0235. The van der Waals surface area contributed by atoms with E-state index in [2.05, 4.69) is 10.3 Å². The molecule has 1 aromatic heterocycles. The monoisotopic (exact) mass is 243 g/mol. The van der Waals surface area contributed by atoms with Gasteiger partial charge in [0, 0.05) is 30.6 Å². The van der Waals surface area contributed by atoms with Crippen LogP contribution in [0.1, 0.15) is 12.1 Å². The molecule has 94 valence electrons. The summed E-state index contributed by atoms with van der Waals surface area (Å²) in [5, 5.41) is 3.87. The summed E-state index contributed by atoms with van der Waals surface area (Å²) in [6.45, 7) is 1.00. The van der Waals surface area contributed by atoms with E-state index in [1.54, 1.807) is 0 Å². The molecule has 1 aromatic carbocycles. The first-order valence-electron chi connectivity index (χ1n) is 6.11. The largest absolute Gasteiger partial charge is 0.355 e. The van der Waals surface area contributed by atoms with Crippen molar-refractivity contribution in [3.05, 3.63) is 42.1 Å². The smallest absolute Gasteiger partial charge is 0.220 e. The summed E-state index contributed by atoms with van der Waals surface area (Å²) in [7, 11) is 0. The summed E-state index contributed by atoms with van der Waals surface area (Å²) in [4.78, 5) is 16.0. The molecule has 1 heterocycles. The third kappa shape index (κ3) is 3.28. The molecule has 4 nitrogen and oxygen atoms in total. The van der Waals surface area contributed by atoms with Crippen LogP contribution < -0.4 is 11.1 Å². The molecular formula is C14H17N3O. The van der Waals surface area contributed by atoms with Gasteiger partial charge in [-0.3, -0.25) is 9.78 Å². The zero-order chi connectivity index (χ0) is 12.8. The number of hydrogen-bond donors (Lipinski definition) is 2. The number of amides is 1. The lowest BCUT2D eigenvalue weighted by Gasteiger charge is -2.04. The summed E-state index contributed by atoms with van der Waals surface area (Å²) >= 11 is 0. The van der Waals surface area contributed by atoms with E-state index in [0.29, 0.717) is 25.9 Å². The maximum absolute atomic E-state index is 11.4. The first kappa shape index (κ1) is 12.5. The van der Waals surface area contributed by atoms with Gasteiger partial charge >= 0.3 is 0 Å². The minimum Gasteiger partial charge on any atom is -0.355 e. The molecule has 1 amide bonds. The van der Waals surface area contributed by atoms with Crippen LogP contribution in [-0.4, -0.2) is 24.0 Å². The second-order valence-corrected chi connectivity index (χ2v) is 4.13. The Kier molecular flexibility index (Phi) is 4.25. The molecule has 0 saturated carbocycles. The van der Waals surface area contributed by atoms with Gasteiger partial charge < -0.3 is 11.1 Å². The molecule has 0 saturated heterocycles. The van der Waals surface area contributed by atoms with Gasteiger partial charge in [0.15, 0.2) is 0 Å². The Morgan fingerprint density at radius 3 is 2.89 bits per heavy atom. The fourth-order valence-electron chi connectivity index (χ4n) is 1.79. The van der Waals surface area contributed by atoms with E-state index in [4.69, 9.17) is 5.73 Å². The highest BCUT2D eigenvalue weighted by molar-refractivity contribution is 5.79. The molecule has 0 fully saturated rings. The summed E-state index contributed by atoms with van der Waals surface area (Å²) in [5.41, 5.74) is 7.23. The highest BCUT2D eigenvalue weighted by Crippen LogP contribution is 2.12. The fraction of sp³-hybridized carbons (Fsp3) is 0.286. The van der Waals surface area contributed by atoms with Crippen molar-refractivity contribution in [2.24, 2.45) is 5.73 Å². The average Bonchev–Trinajstić information content (AvgIpc) is 2.42. The molecule has 2 rings (SSSR count). The van der Waals surface area contributed by atoms with Gasteiger partial charge in [0.25, 0.3) is 0 Å². The molecule has 3 N–H and O–H groups in total. The molecule has 0 spiro atoms. The summed E-state index contributed by atoms with van der Waals surface area (Å²) in [6.07, 6.45) is 1.10. The number of nitrogens with two attached hydrogens (primary N) is 1. The zero-order valence-corrected chi connectivity index (χ0v) is 10.2. The van der Waals surface area contributed by atoms with E-state index in [9.17, 15) is 4.79 Å². The van der Waals surface area contributed by atoms with Crippen LogP contribution in [0.4, 0.5) is 0 Å². The van der Waals surface area contributed by atoms with Gasteiger partial charge in [-0.15, -0.1) is 0 Å². The Labute approximate surface area is 106 Å². The van der Waals surface area contributed by atoms with Crippen molar-refractivity contribution >= 4 is 16.8 Å². The number of pyridine rings is 1. The predicted molar refractivity (Wildman–Crippen MR) is 72.1 cm³/mol. The van der Waals surface area contributed by atoms with E-state index in [1.807, 2.05) is 36.4 Å². The Balaban J connectivity index is 1.97. The van der Waals surface area contributed by atoms with E-state index < -0.39 is 0 Å². The molecule has 0 unspecified atom stereocenters. The topological polar surface area (TPSA) is 68.0 Å². The normalized spacial score (nSPS) is 10.5. The predicted octanol–water partition coefficient (Wildman–Crippen LogP) is 1.24. The lowest BCUT2D eigenvalue weighted by Crippen LogP contribution is -2.29. The van der Waals surface area contributed by atoms with Gasteiger partial charge in [-0.25, -0.2) is 0 Å². The number of carbonyl (C=O) groups is 1. The van der Waals surface area contributed by atoms with Crippen LogP contribution in [0.3, 0.4) is 0 Å². The van der Waals surface area contributed by atoms with Crippen LogP contribution in [0.5, 0.6) is 0 Å². The maximum atomic E-state index is 11.4. The van der Waals surface area contributed by atoms with Crippen LogP contribution in [0.15, 0.2) is 36.4 Å². The number of nitrogens with zero attached hydrogens (tertiary/aromatic N) is 1. The van der Waals surface area contributed by atoms with E-state index in [-0.39, 0.29) is 5.91 Å². The Morgan fingerprint density at radius 2 is 2.06 bits per heavy atom. The van der Waals surface area contributed by atoms with E-state index >= 15 is 0 Å². The fourth-order valence-corrected chi connectivity index (χ4v) is 1.79. The molecule has 0 aliphatic rings. The van der Waals surface area contributed by atoms with Gasteiger partial charge in [0.1, 0.15) is 0 Å². The van der Waals surface area contributed by atoms with Crippen molar-refractivity contribution in [1.29, 1.82) is 0 Å². The Bertz CT molecular complexity index is 539. The summed E-state index contributed by atoms with van der Waals surface area (Å²) in [5.74, 6) is 0.0235. The summed E-state index contributed by atoms with van der Waals surface area (Å²) in [6, 6.07) is 12.0. The Morgan fingerprint density at radius 1 is 1.22 bits per heavy atom. The lowest BCUT2D eigenvalue weighted by atomic mass is 10.1. The van der Waals surface area contributed by atoms with E-state index in [0.717, 1.165) is 16.6 Å². The molecule has 0 aliphatic carbocycles. The zero-order valence-electron chi connectivity index (χ0n) is 10.2. The van der Waals surface area contributed by atoms with Crippen molar-refractivity contribution in [3.8, 4) is 0 Å². The minimum atomic E-state index is 0.0235. The number of rotatable bonds is 5. The van der Waals surface area contributed by atoms with Crippen molar-refractivity contribution in [1.82, 2.24) is 10.3 Å². The lowest BCUT2D eigenvalue weighted by molar-refractivity contribution is -0.121. The van der Waals surface area contributed by atoms with Crippen molar-refractivity contribution in [2.45, 2.75) is 12.8 Å². The number of aryl methyl sites for hydroxylation is 1. The second kappa shape index (κ2) is 6.12. The molecule has 0 aliphatic heterocycles. The first-order chi connectivity index (χ1) is 8.79. The number of para-hydroxylation sites is 1. The number of hydrogen-bond acceptors (Lipinski definition) is 3. The number of nitrogens with one attached hydrogen (secondary N) is 1. The SMILES string of the molecule is NCCNC(=O)CCc1ccc2ccccc2n1. The molecule has 2 aromatic rings. The average molecular weight is 243 g/mol. The van der Waals surface area contributed by atoms with E-state index in [1.165, 1.54) is 0 Å². The molecule has 0 atom stereocenters. The standard InChI is InChI=1S/C14H17N3O/c15-9-10-16-14(18)8-7-12-6-5-11-3-1-2-4-13(11)17-12/h1-6H,7-10,15H2,(H,16,18). The van der Waals surface area contributed by atoms with Crippen LogP contribution in [0, 0.1) is 0 Å². The summed E-state index contributed by atoms with van der Waals surface area (Å²) < 4.78 is 0.